The van der Waals surface area contributed by atoms with Gasteiger partial charge in [0.15, 0.2) is 0 Å². The van der Waals surface area contributed by atoms with Crippen LogP contribution in [0.15, 0.2) is 0 Å². The zero-order chi connectivity index (χ0) is 10.7. The number of aliphatic hydroxyl groups excluding tert-OH is 1. The van der Waals surface area contributed by atoms with Gasteiger partial charge in [-0.25, -0.2) is 0 Å². The molecule has 2 heterocycles. The molecule has 0 aromatic rings. The van der Waals surface area contributed by atoms with Gasteiger partial charge in [0.1, 0.15) is 0 Å². The number of piperidine rings is 2. The molecule has 0 unspecified atom stereocenters. The molecule has 1 N–H and O–H groups in total. The lowest BCUT2D eigenvalue weighted by atomic mass is 9.79. The standard InChI is InChI=1S/C13H26NO/c1-14-9-3-2-8-13(14)12(6-4-10-14)7-5-11-15/h12-13,15H,2-11H2,1H3/q+1/t12-,13+,14-/m1/s1. The topological polar surface area (TPSA) is 20.2 Å². The van der Waals surface area contributed by atoms with E-state index in [-0.39, 0.29) is 0 Å². The van der Waals surface area contributed by atoms with Crippen molar-refractivity contribution in [1.82, 2.24) is 0 Å². The van der Waals surface area contributed by atoms with Crippen LogP contribution in [0.25, 0.3) is 0 Å². The van der Waals surface area contributed by atoms with Crippen molar-refractivity contribution in [3.8, 4) is 0 Å². The van der Waals surface area contributed by atoms with Crippen molar-refractivity contribution in [2.75, 3.05) is 26.7 Å². The number of nitrogens with zero attached hydrogens (tertiary/aromatic N) is 1. The van der Waals surface area contributed by atoms with Gasteiger partial charge in [0.2, 0.25) is 0 Å². The van der Waals surface area contributed by atoms with E-state index >= 15 is 0 Å². The summed E-state index contributed by atoms with van der Waals surface area (Å²) < 4.78 is 1.34. The van der Waals surface area contributed by atoms with E-state index in [9.17, 15) is 0 Å². The number of aliphatic hydroxyl groups is 1. The van der Waals surface area contributed by atoms with Gasteiger partial charge < -0.3 is 9.59 Å². The van der Waals surface area contributed by atoms with Crippen molar-refractivity contribution in [2.24, 2.45) is 5.92 Å². The highest BCUT2D eigenvalue weighted by Gasteiger charge is 2.42. The number of hydrogen-bond donors (Lipinski definition) is 1. The molecule has 15 heavy (non-hydrogen) atoms. The summed E-state index contributed by atoms with van der Waals surface area (Å²) in [5, 5.41) is 8.95. The fourth-order valence-electron chi connectivity index (χ4n) is 3.92. The molecule has 0 radical (unpaired) electrons. The van der Waals surface area contributed by atoms with E-state index < -0.39 is 0 Å². The van der Waals surface area contributed by atoms with Crippen LogP contribution in [0.5, 0.6) is 0 Å². The first-order valence-corrected chi connectivity index (χ1v) is 6.71. The molecule has 2 fully saturated rings. The van der Waals surface area contributed by atoms with Crippen LogP contribution < -0.4 is 0 Å². The van der Waals surface area contributed by atoms with Crippen LogP contribution in [0.4, 0.5) is 0 Å². The average Bonchev–Trinajstić information content (AvgIpc) is 2.25. The molecule has 0 aromatic heterocycles. The van der Waals surface area contributed by atoms with Crippen LogP contribution in [-0.4, -0.2) is 42.4 Å². The SMILES string of the molecule is C[N@+]12CCCC[C@H]1[C@@H](CCCO)CCC2. The Kier molecular flexibility index (Phi) is 3.68. The van der Waals surface area contributed by atoms with E-state index in [1.165, 1.54) is 56.1 Å². The summed E-state index contributed by atoms with van der Waals surface area (Å²) in [6.07, 6.45) is 9.40. The van der Waals surface area contributed by atoms with Gasteiger partial charge in [-0.15, -0.1) is 0 Å². The summed E-state index contributed by atoms with van der Waals surface area (Å²) in [4.78, 5) is 0. The van der Waals surface area contributed by atoms with Crippen LogP contribution in [0, 0.1) is 5.92 Å². The van der Waals surface area contributed by atoms with Gasteiger partial charge in [-0.3, -0.25) is 0 Å². The molecular formula is C13H26NO+. The van der Waals surface area contributed by atoms with E-state index in [0.29, 0.717) is 6.61 Å². The molecule has 2 heteroatoms. The fourth-order valence-corrected chi connectivity index (χ4v) is 3.92. The maximum atomic E-state index is 8.95. The molecule has 2 aliphatic rings. The molecule has 0 amide bonds. The van der Waals surface area contributed by atoms with Crippen LogP contribution in [0.1, 0.15) is 44.9 Å². The first kappa shape index (κ1) is 11.4. The monoisotopic (exact) mass is 212 g/mol. The van der Waals surface area contributed by atoms with Crippen LogP contribution >= 0.6 is 0 Å². The number of hydrogen-bond acceptors (Lipinski definition) is 1. The lowest BCUT2D eigenvalue weighted by Gasteiger charge is -2.51. The number of quaternary nitrogens is 1. The Morgan fingerprint density at radius 1 is 1.13 bits per heavy atom. The third kappa shape index (κ3) is 2.36. The van der Waals surface area contributed by atoms with Crippen LogP contribution in [0.3, 0.4) is 0 Å². The van der Waals surface area contributed by atoms with Crippen molar-refractivity contribution >= 4 is 0 Å². The normalized spacial score (nSPS) is 41.2. The Balaban J connectivity index is 1.99. The highest BCUT2D eigenvalue weighted by Crippen LogP contribution is 2.37. The average molecular weight is 212 g/mol. The van der Waals surface area contributed by atoms with Gasteiger partial charge in [0, 0.05) is 12.5 Å². The highest BCUT2D eigenvalue weighted by molar-refractivity contribution is 4.78. The predicted octanol–water partition coefficient (Wildman–Crippen LogP) is 2.17. The maximum Gasteiger partial charge on any atom is 0.0916 e. The molecule has 88 valence electrons. The van der Waals surface area contributed by atoms with E-state index in [0.717, 1.165) is 18.4 Å². The van der Waals surface area contributed by atoms with Gasteiger partial charge in [-0.2, -0.15) is 0 Å². The quantitative estimate of drug-likeness (QED) is 0.711. The highest BCUT2D eigenvalue weighted by atomic mass is 16.2. The Labute approximate surface area is 93.9 Å². The third-order valence-electron chi connectivity index (χ3n) is 4.74. The van der Waals surface area contributed by atoms with Crippen LogP contribution in [-0.2, 0) is 0 Å². The van der Waals surface area contributed by atoms with E-state index in [1.807, 2.05) is 0 Å². The zero-order valence-electron chi connectivity index (χ0n) is 10.1. The molecule has 0 saturated carbocycles. The lowest BCUT2D eigenvalue weighted by molar-refractivity contribution is -0.947. The van der Waals surface area contributed by atoms with Crippen molar-refractivity contribution < 1.29 is 9.59 Å². The van der Waals surface area contributed by atoms with E-state index in [4.69, 9.17) is 5.11 Å². The van der Waals surface area contributed by atoms with Gasteiger partial charge in [-0.05, 0) is 44.9 Å². The summed E-state index contributed by atoms with van der Waals surface area (Å²) in [6.45, 7) is 3.19. The van der Waals surface area contributed by atoms with Crippen LogP contribution in [0.2, 0.25) is 0 Å². The van der Waals surface area contributed by atoms with Crippen molar-refractivity contribution in [1.29, 1.82) is 0 Å². The smallest absolute Gasteiger partial charge is 0.0916 e. The predicted molar refractivity (Wildman–Crippen MR) is 62.6 cm³/mol. The maximum absolute atomic E-state index is 8.95. The molecule has 0 bridgehead atoms. The summed E-state index contributed by atoms with van der Waals surface area (Å²) in [5.74, 6) is 0.899. The second-order valence-electron chi connectivity index (χ2n) is 5.76. The van der Waals surface area contributed by atoms with Gasteiger partial charge in [0.25, 0.3) is 0 Å². The van der Waals surface area contributed by atoms with Gasteiger partial charge >= 0.3 is 0 Å². The minimum atomic E-state index is 0.382. The zero-order valence-corrected chi connectivity index (χ0v) is 10.1. The van der Waals surface area contributed by atoms with Gasteiger partial charge in [-0.1, -0.05) is 0 Å². The molecule has 0 aliphatic carbocycles. The Morgan fingerprint density at radius 2 is 1.93 bits per heavy atom. The molecule has 2 saturated heterocycles. The van der Waals surface area contributed by atoms with E-state index in [2.05, 4.69) is 7.05 Å². The summed E-state index contributed by atoms with van der Waals surface area (Å²) >= 11 is 0. The third-order valence-corrected chi connectivity index (χ3v) is 4.74. The molecule has 2 nitrogen and oxygen atoms in total. The molecule has 0 aromatic carbocycles. The van der Waals surface area contributed by atoms with Crippen molar-refractivity contribution in [3.05, 3.63) is 0 Å². The molecule has 3 atom stereocenters. The second-order valence-corrected chi connectivity index (χ2v) is 5.76. The number of rotatable bonds is 3. The summed E-state index contributed by atoms with van der Waals surface area (Å²) in [6, 6.07) is 0.916. The largest absolute Gasteiger partial charge is 0.396 e. The fraction of sp³-hybridized carbons (Fsp3) is 1.00. The minimum absolute atomic E-state index is 0.382. The molecule has 2 rings (SSSR count). The van der Waals surface area contributed by atoms with Crippen molar-refractivity contribution in [2.45, 2.75) is 51.0 Å². The van der Waals surface area contributed by atoms with E-state index in [1.54, 1.807) is 0 Å². The Morgan fingerprint density at radius 3 is 2.73 bits per heavy atom. The molecule has 0 spiro atoms. The summed E-state index contributed by atoms with van der Waals surface area (Å²) in [5.41, 5.74) is 0. The first-order chi connectivity index (χ1) is 7.26. The Bertz CT molecular complexity index is 203. The molecule has 2 aliphatic heterocycles. The first-order valence-electron chi connectivity index (χ1n) is 6.71. The molecular weight excluding hydrogens is 186 g/mol. The summed E-state index contributed by atoms with van der Waals surface area (Å²) in [7, 11) is 2.47. The number of fused-ring (bicyclic) bond motifs is 1. The van der Waals surface area contributed by atoms with Crippen molar-refractivity contribution in [3.63, 3.8) is 0 Å². The van der Waals surface area contributed by atoms with Gasteiger partial charge in [0.05, 0.1) is 26.2 Å². The Hall–Kier alpha value is -0.0800. The minimum Gasteiger partial charge on any atom is -0.396 e. The second kappa shape index (κ2) is 4.84. The lowest BCUT2D eigenvalue weighted by Crippen LogP contribution is -2.60.